The summed E-state index contributed by atoms with van der Waals surface area (Å²) in [5.74, 6) is -1.26. The van der Waals surface area contributed by atoms with Gasteiger partial charge in [-0.15, -0.1) is 0 Å². The number of rotatable bonds is 3. The fourth-order valence-corrected chi connectivity index (χ4v) is 3.29. The monoisotopic (exact) mass is 331 g/mol. The number of nitrogens with one attached hydrogen (secondary N) is 1. The molecule has 3 aromatic carbocycles. The summed E-state index contributed by atoms with van der Waals surface area (Å²) in [5.41, 5.74) is -0.363. The second-order valence-corrected chi connectivity index (χ2v) is 5.92. The van der Waals surface area contributed by atoms with E-state index in [1.807, 2.05) is 0 Å². The van der Waals surface area contributed by atoms with Gasteiger partial charge in [0.2, 0.25) is 11.6 Å². The number of fused-ring (bicyclic) bond motifs is 1. The molecular formula is C21H14FNO2. The van der Waals surface area contributed by atoms with Crippen LogP contribution < -0.4 is 5.32 Å². The number of para-hydroxylation sites is 1. The van der Waals surface area contributed by atoms with Crippen molar-refractivity contribution in [3.63, 3.8) is 0 Å². The maximum absolute atomic E-state index is 14.2. The molecule has 0 heterocycles. The third kappa shape index (κ3) is 2.18. The Kier molecular flexibility index (Phi) is 3.46. The number of benzene rings is 3. The number of Topliss-reactive ketones (excluding diaryl/α,β-unsaturated/α-hetero) is 2. The number of carbonyl (C=O) groups excluding carboxylic acids is 2. The lowest BCUT2D eigenvalue weighted by Gasteiger charge is -2.29. The van der Waals surface area contributed by atoms with E-state index < -0.39 is 11.4 Å². The molecule has 3 nitrogen and oxygen atoms in total. The first kappa shape index (κ1) is 15.3. The summed E-state index contributed by atoms with van der Waals surface area (Å²) in [4.78, 5) is 26.5. The van der Waals surface area contributed by atoms with Crippen molar-refractivity contribution in [1.29, 1.82) is 0 Å². The zero-order valence-electron chi connectivity index (χ0n) is 13.2. The van der Waals surface area contributed by atoms with Gasteiger partial charge in [-0.25, -0.2) is 4.39 Å². The minimum Gasteiger partial charge on any atom is -0.360 e. The van der Waals surface area contributed by atoms with Crippen LogP contribution in [-0.2, 0) is 5.54 Å². The predicted molar refractivity (Wildman–Crippen MR) is 93.2 cm³/mol. The van der Waals surface area contributed by atoms with Crippen molar-refractivity contribution in [1.82, 2.24) is 0 Å². The Bertz CT molecular complexity index is 947. The Labute approximate surface area is 144 Å². The SMILES string of the molecule is O=C1c2ccccc2C(=O)C1(Nc1ccccc1F)c1ccccc1. The number of ketones is 2. The van der Waals surface area contributed by atoms with E-state index in [0.29, 0.717) is 16.7 Å². The van der Waals surface area contributed by atoms with Gasteiger partial charge in [0.1, 0.15) is 5.82 Å². The topological polar surface area (TPSA) is 46.2 Å². The molecule has 0 aromatic heterocycles. The molecular weight excluding hydrogens is 317 g/mol. The van der Waals surface area contributed by atoms with Gasteiger partial charge in [0, 0.05) is 11.1 Å². The van der Waals surface area contributed by atoms with Crippen LogP contribution in [0, 0.1) is 5.82 Å². The molecule has 122 valence electrons. The van der Waals surface area contributed by atoms with Crippen LogP contribution in [0.25, 0.3) is 0 Å². The quantitative estimate of drug-likeness (QED) is 0.731. The number of hydrogen-bond donors (Lipinski definition) is 1. The Morgan fingerprint density at radius 1 is 0.680 bits per heavy atom. The van der Waals surface area contributed by atoms with E-state index in [4.69, 9.17) is 0 Å². The molecule has 0 aliphatic heterocycles. The van der Waals surface area contributed by atoms with Gasteiger partial charge in [-0.05, 0) is 17.7 Å². The number of carbonyl (C=O) groups is 2. The van der Waals surface area contributed by atoms with E-state index in [9.17, 15) is 14.0 Å². The number of anilines is 1. The lowest BCUT2D eigenvalue weighted by atomic mass is 9.84. The Balaban J connectivity index is 1.95. The highest BCUT2D eigenvalue weighted by Gasteiger charge is 2.54. The maximum atomic E-state index is 14.2. The number of halogens is 1. The fraction of sp³-hybridized carbons (Fsp3) is 0.0476. The van der Waals surface area contributed by atoms with Crippen LogP contribution in [0.5, 0.6) is 0 Å². The average molecular weight is 331 g/mol. The van der Waals surface area contributed by atoms with Gasteiger partial charge < -0.3 is 5.32 Å². The molecule has 3 aromatic rings. The molecule has 0 fully saturated rings. The molecule has 0 radical (unpaired) electrons. The molecule has 0 saturated carbocycles. The van der Waals surface area contributed by atoms with Gasteiger partial charge in [-0.2, -0.15) is 0 Å². The second kappa shape index (κ2) is 5.67. The standard InChI is InChI=1S/C21H14FNO2/c22-17-12-6-7-13-18(17)23-21(14-8-2-1-3-9-14)19(24)15-10-4-5-11-16(15)20(21)25/h1-13,23H. The Morgan fingerprint density at radius 2 is 1.20 bits per heavy atom. The summed E-state index contributed by atoms with van der Waals surface area (Å²) in [7, 11) is 0. The third-order valence-corrected chi connectivity index (χ3v) is 4.50. The molecule has 0 atom stereocenters. The lowest BCUT2D eigenvalue weighted by Crippen LogP contribution is -2.46. The predicted octanol–water partition coefficient (Wildman–Crippen LogP) is 4.21. The van der Waals surface area contributed by atoms with E-state index in [1.54, 1.807) is 66.7 Å². The van der Waals surface area contributed by atoms with Crippen LogP contribution in [0.15, 0.2) is 78.9 Å². The number of hydrogen-bond acceptors (Lipinski definition) is 3. The van der Waals surface area contributed by atoms with Gasteiger partial charge in [0.05, 0.1) is 5.69 Å². The first-order valence-corrected chi connectivity index (χ1v) is 7.91. The van der Waals surface area contributed by atoms with E-state index in [1.165, 1.54) is 12.1 Å². The molecule has 4 heteroatoms. The van der Waals surface area contributed by atoms with Gasteiger partial charge in [-0.3, -0.25) is 9.59 Å². The molecule has 4 rings (SSSR count). The zero-order valence-corrected chi connectivity index (χ0v) is 13.2. The first-order valence-electron chi connectivity index (χ1n) is 7.91. The summed E-state index contributed by atoms with van der Waals surface area (Å²) >= 11 is 0. The molecule has 0 unspecified atom stereocenters. The largest absolute Gasteiger partial charge is 0.360 e. The zero-order chi connectivity index (χ0) is 17.4. The third-order valence-electron chi connectivity index (χ3n) is 4.50. The summed E-state index contributed by atoms with van der Waals surface area (Å²) in [6.45, 7) is 0. The highest BCUT2D eigenvalue weighted by atomic mass is 19.1. The molecule has 1 aliphatic rings. The molecule has 0 amide bonds. The van der Waals surface area contributed by atoms with Crippen molar-refractivity contribution in [3.8, 4) is 0 Å². The smallest absolute Gasteiger partial charge is 0.201 e. The van der Waals surface area contributed by atoms with E-state index in [-0.39, 0.29) is 17.3 Å². The molecule has 0 spiro atoms. The summed E-state index contributed by atoms with van der Waals surface area (Å²) in [6, 6.07) is 21.4. The van der Waals surface area contributed by atoms with Crippen molar-refractivity contribution in [3.05, 3.63) is 101 Å². The van der Waals surface area contributed by atoms with Crippen molar-refractivity contribution in [2.24, 2.45) is 0 Å². The molecule has 25 heavy (non-hydrogen) atoms. The minimum absolute atomic E-state index is 0.112. The summed E-state index contributed by atoms with van der Waals surface area (Å²) in [6.07, 6.45) is 0. The highest BCUT2D eigenvalue weighted by Crippen LogP contribution is 2.40. The van der Waals surface area contributed by atoms with Gasteiger partial charge in [0.25, 0.3) is 0 Å². The summed E-state index contributed by atoms with van der Waals surface area (Å²) < 4.78 is 14.2. The second-order valence-electron chi connectivity index (χ2n) is 5.92. The Hall–Kier alpha value is -3.27. The summed E-state index contributed by atoms with van der Waals surface area (Å²) in [5, 5.41) is 2.91. The van der Waals surface area contributed by atoms with Crippen LogP contribution in [0.2, 0.25) is 0 Å². The lowest BCUT2D eigenvalue weighted by molar-refractivity contribution is 0.0818. The van der Waals surface area contributed by atoms with Crippen molar-refractivity contribution < 1.29 is 14.0 Å². The maximum Gasteiger partial charge on any atom is 0.201 e. The van der Waals surface area contributed by atoms with Crippen LogP contribution in [0.4, 0.5) is 10.1 Å². The average Bonchev–Trinajstić information content (AvgIpc) is 2.87. The van der Waals surface area contributed by atoms with Gasteiger partial charge >= 0.3 is 0 Å². The van der Waals surface area contributed by atoms with Crippen molar-refractivity contribution >= 4 is 17.3 Å². The van der Waals surface area contributed by atoms with Gasteiger partial charge in [-0.1, -0.05) is 66.7 Å². The fourth-order valence-electron chi connectivity index (χ4n) is 3.29. The van der Waals surface area contributed by atoms with Crippen LogP contribution in [0.3, 0.4) is 0 Å². The molecule has 0 saturated heterocycles. The minimum atomic E-state index is -1.66. The van der Waals surface area contributed by atoms with E-state index in [2.05, 4.69) is 5.32 Å². The highest BCUT2D eigenvalue weighted by molar-refractivity contribution is 6.34. The van der Waals surface area contributed by atoms with Crippen LogP contribution in [-0.4, -0.2) is 11.6 Å². The molecule has 1 aliphatic carbocycles. The Morgan fingerprint density at radius 3 is 1.80 bits per heavy atom. The normalized spacial score (nSPS) is 15.1. The van der Waals surface area contributed by atoms with Crippen LogP contribution in [0.1, 0.15) is 26.3 Å². The van der Waals surface area contributed by atoms with Crippen molar-refractivity contribution in [2.45, 2.75) is 5.54 Å². The first-order chi connectivity index (χ1) is 12.1. The van der Waals surface area contributed by atoms with E-state index in [0.717, 1.165) is 0 Å². The molecule has 1 N–H and O–H groups in total. The van der Waals surface area contributed by atoms with Crippen LogP contribution >= 0.6 is 0 Å². The van der Waals surface area contributed by atoms with E-state index >= 15 is 0 Å². The van der Waals surface area contributed by atoms with Gasteiger partial charge in [0.15, 0.2) is 5.54 Å². The molecule has 0 bridgehead atoms. The van der Waals surface area contributed by atoms with Crippen molar-refractivity contribution in [2.75, 3.05) is 5.32 Å².